The average molecular weight is 198 g/mol. The maximum absolute atomic E-state index is 4.33. The Morgan fingerprint density at radius 3 is 2.93 bits per heavy atom. The third kappa shape index (κ3) is 2.15. The number of hydrogen-bond donors (Lipinski definition) is 0. The molecule has 0 bridgehead atoms. The molecule has 0 unspecified atom stereocenters. The molecule has 2 nitrogen and oxygen atoms in total. The summed E-state index contributed by atoms with van der Waals surface area (Å²) in [7, 11) is 1.94. The van der Waals surface area contributed by atoms with Crippen molar-refractivity contribution in [3.05, 3.63) is 48.2 Å². The van der Waals surface area contributed by atoms with Crippen LogP contribution in [0.5, 0.6) is 0 Å². The van der Waals surface area contributed by atoms with Crippen LogP contribution in [0.15, 0.2) is 42.6 Å². The third-order valence-electron chi connectivity index (χ3n) is 2.24. The summed E-state index contributed by atoms with van der Waals surface area (Å²) in [6, 6.07) is 6.27. The van der Waals surface area contributed by atoms with E-state index < -0.39 is 0 Å². The molecule has 0 saturated heterocycles. The zero-order valence-electron chi connectivity index (χ0n) is 9.01. The van der Waals surface area contributed by atoms with Crippen molar-refractivity contribution in [3.8, 4) is 0 Å². The minimum atomic E-state index is 1.04. The van der Waals surface area contributed by atoms with E-state index in [0.717, 1.165) is 5.52 Å². The Bertz CT molecular complexity index is 518. The van der Waals surface area contributed by atoms with Crippen LogP contribution in [0.1, 0.15) is 12.5 Å². The number of rotatable bonds is 2. The summed E-state index contributed by atoms with van der Waals surface area (Å²) in [6.07, 6.45) is 10.2. The van der Waals surface area contributed by atoms with Gasteiger partial charge in [0.1, 0.15) is 0 Å². The topological polar surface area (TPSA) is 17.8 Å². The van der Waals surface area contributed by atoms with Gasteiger partial charge < -0.3 is 0 Å². The lowest BCUT2D eigenvalue weighted by atomic mass is 10.1. The fourth-order valence-corrected chi connectivity index (χ4v) is 1.55. The summed E-state index contributed by atoms with van der Waals surface area (Å²) in [5.41, 5.74) is 2.24. The van der Waals surface area contributed by atoms with Crippen LogP contribution in [0.3, 0.4) is 0 Å². The maximum Gasteiger partial charge on any atom is 0.0923 e. The largest absolute Gasteiger partial charge is 0.275 e. The Morgan fingerprint density at radius 1 is 1.27 bits per heavy atom. The number of fused-ring (bicyclic) bond motifs is 1. The number of aryl methyl sites for hydroxylation is 1. The highest BCUT2D eigenvalue weighted by molar-refractivity contribution is 5.80. The van der Waals surface area contributed by atoms with E-state index in [-0.39, 0.29) is 0 Å². The minimum Gasteiger partial charge on any atom is -0.275 e. The van der Waals surface area contributed by atoms with Gasteiger partial charge in [0.25, 0.3) is 0 Å². The van der Waals surface area contributed by atoms with Crippen molar-refractivity contribution in [1.82, 2.24) is 9.78 Å². The van der Waals surface area contributed by atoms with Crippen molar-refractivity contribution in [2.45, 2.75) is 6.92 Å². The summed E-state index contributed by atoms with van der Waals surface area (Å²) in [4.78, 5) is 0. The molecule has 0 radical (unpaired) electrons. The van der Waals surface area contributed by atoms with E-state index in [9.17, 15) is 0 Å². The van der Waals surface area contributed by atoms with Gasteiger partial charge >= 0.3 is 0 Å². The first-order valence-electron chi connectivity index (χ1n) is 5.02. The predicted octanol–water partition coefficient (Wildman–Crippen LogP) is 3.16. The Morgan fingerprint density at radius 2 is 2.13 bits per heavy atom. The van der Waals surface area contributed by atoms with Crippen LogP contribution in [0.2, 0.25) is 0 Å². The predicted molar refractivity (Wildman–Crippen MR) is 64.6 cm³/mol. The highest BCUT2D eigenvalue weighted by Crippen LogP contribution is 2.14. The summed E-state index contributed by atoms with van der Waals surface area (Å²) in [5.74, 6) is 0. The van der Waals surface area contributed by atoms with Crippen LogP contribution < -0.4 is 0 Å². The number of nitrogens with zero attached hydrogens (tertiary/aromatic N) is 2. The first-order valence-corrected chi connectivity index (χ1v) is 5.02. The Hall–Kier alpha value is -1.83. The Labute approximate surface area is 89.5 Å². The lowest BCUT2D eigenvalue weighted by molar-refractivity contribution is 0.780. The summed E-state index contributed by atoms with van der Waals surface area (Å²) in [5, 5.41) is 5.51. The number of aromatic nitrogens is 2. The van der Waals surface area contributed by atoms with Crippen molar-refractivity contribution in [2.24, 2.45) is 7.05 Å². The van der Waals surface area contributed by atoms with E-state index in [1.54, 1.807) is 0 Å². The van der Waals surface area contributed by atoms with E-state index in [1.807, 2.05) is 49.1 Å². The molecule has 1 aromatic heterocycles. The van der Waals surface area contributed by atoms with Crippen LogP contribution in [-0.4, -0.2) is 9.78 Å². The molecule has 1 heterocycles. The quantitative estimate of drug-likeness (QED) is 0.678. The number of benzene rings is 1. The molecular formula is C13H14N2. The van der Waals surface area contributed by atoms with Gasteiger partial charge in [-0.3, -0.25) is 4.68 Å². The molecule has 2 aromatic rings. The van der Waals surface area contributed by atoms with Gasteiger partial charge in [0.05, 0.1) is 5.52 Å². The highest BCUT2D eigenvalue weighted by atomic mass is 15.2. The molecule has 0 atom stereocenters. The van der Waals surface area contributed by atoms with E-state index in [2.05, 4.69) is 23.3 Å². The second kappa shape index (κ2) is 4.13. The molecule has 0 aliphatic heterocycles. The smallest absolute Gasteiger partial charge is 0.0923 e. The van der Waals surface area contributed by atoms with Gasteiger partial charge in [-0.15, -0.1) is 0 Å². The molecule has 1 aromatic carbocycles. The van der Waals surface area contributed by atoms with E-state index in [1.165, 1.54) is 10.9 Å². The first-order chi connectivity index (χ1) is 7.29. The van der Waals surface area contributed by atoms with Gasteiger partial charge in [-0.05, 0) is 24.6 Å². The first kappa shape index (κ1) is 9.71. The molecular weight excluding hydrogens is 184 g/mol. The van der Waals surface area contributed by atoms with E-state index >= 15 is 0 Å². The molecule has 76 valence electrons. The molecule has 0 aliphatic carbocycles. The fourth-order valence-electron chi connectivity index (χ4n) is 1.55. The summed E-state index contributed by atoms with van der Waals surface area (Å²) in [6.45, 7) is 2.01. The van der Waals surface area contributed by atoms with Crippen molar-refractivity contribution in [3.63, 3.8) is 0 Å². The average Bonchev–Trinajstić information content (AvgIpc) is 2.57. The zero-order valence-corrected chi connectivity index (χ0v) is 9.01. The standard InChI is InChI=1S/C13H14N2/c1-3-4-5-6-11-7-8-13-12(9-11)10-15(2)14-13/h3-10H,1-2H3/b4-3+,6-5+. The Balaban J connectivity index is 2.37. The molecule has 0 aliphatic rings. The van der Waals surface area contributed by atoms with Crippen LogP contribution in [0, 0.1) is 0 Å². The van der Waals surface area contributed by atoms with Gasteiger partial charge in [0, 0.05) is 18.6 Å². The highest BCUT2D eigenvalue weighted by Gasteiger charge is 1.97. The zero-order chi connectivity index (χ0) is 10.7. The number of hydrogen-bond acceptors (Lipinski definition) is 1. The molecule has 0 spiro atoms. The second-order valence-electron chi connectivity index (χ2n) is 3.51. The van der Waals surface area contributed by atoms with Gasteiger partial charge in [0.15, 0.2) is 0 Å². The van der Waals surface area contributed by atoms with Gasteiger partial charge in [-0.2, -0.15) is 5.10 Å². The fraction of sp³-hybridized carbons (Fsp3) is 0.154. The van der Waals surface area contributed by atoms with Crippen LogP contribution >= 0.6 is 0 Å². The molecule has 0 N–H and O–H groups in total. The third-order valence-corrected chi connectivity index (χ3v) is 2.24. The van der Waals surface area contributed by atoms with Crippen molar-refractivity contribution in [1.29, 1.82) is 0 Å². The lowest BCUT2D eigenvalue weighted by Gasteiger charge is -1.91. The molecule has 2 rings (SSSR count). The monoisotopic (exact) mass is 198 g/mol. The maximum atomic E-state index is 4.33. The van der Waals surface area contributed by atoms with Crippen molar-refractivity contribution >= 4 is 17.0 Å². The van der Waals surface area contributed by atoms with Gasteiger partial charge in [-0.25, -0.2) is 0 Å². The van der Waals surface area contributed by atoms with Gasteiger partial charge in [-0.1, -0.05) is 30.4 Å². The van der Waals surface area contributed by atoms with Crippen molar-refractivity contribution < 1.29 is 0 Å². The SMILES string of the molecule is C/C=C/C=C/c1ccc2nn(C)cc2c1. The van der Waals surface area contributed by atoms with Crippen LogP contribution in [-0.2, 0) is 7.05 Å². The van der Waals surface area contributed by atoms with Gasteiger partial charge in [0.2, 0.25) is 0 Å². The van der Waals surface area contributed by atoms with E-state index in [0.29, 0.717) is 0 Å². The van der Waals surface area contributed by atoms with Crippen LogP contribution in [0.25, 0.3) is 17.0 Å². The van der Waals surface area contributed by atoms with Crippen molar-refractivity contribution in [2.75, 3.05) is 0 Å². The molecule has 2 heteroatoms. The van der Waals surface area contributed by atoms with E-state index in [4.69, 9.17) is 0 Å². The minimum absolute atomic E-state index is 1.04. The number of allylic oxidation sites excluding steroid dienone is 3. The second-order valence-corrected chi connectivity index (χ2v) is 3.51. The molecule has 0 saturated carbocycles. The lowest BCUT2D eigenvalue weighted by Crippen LogP contribution is -1.84. The summed E-state index contributed by atoms with van der Waals surface area (Å²) < 4.78 is 1.84. The van der Waals surface area contributed by atoms with Crippen LogP contribution in [0.4, 0.5) is 0 Å². The summed E-state index contributed by atoms with van der Waals surface area (Å²) >= 11 is 0. The Kier molecular flexibility index (Phi) is 2.68. The molecule has 15 heavy (non-hydrogen) atoms. The molecule has 0 fully saturated rings. The molecule has 0 amide bonds. The normalized spacial score (nSPS) is 12.1.